The summed E-state index contributed by atoms with van der Waals surface area (Å²) < 4.78 is 52.2. The molecule has 0 unspecified atom stereocenters. The molecule has 3 saturated carbocycles. The van der Waals surface area contributed by atoms with Crippen LogP contribution in [-0.4, -0.2) is 24.0 Å². The molecular weight excluding hydrogens is 285 g/mol. The topological polar surface area (TPSA) is 35.5 Å². The summed E-state index contributed by atoms with van der Waals surface area (Å²) in [7, 11) is 0. The van der Waals surface area contributed by atoms with Crippen LogP contribution in [0.2, 0.25) is 0 Å². The Labute approximate surface area is 121 Å². The van der Waals surface area contributed by atoms with E-state index in [4.69, 9.17) is 9.47 Å². The highest BCUT2D eigenvalue weighted by Crippen LogP contribution is 2.69. The zero-order valence-electron chi connectivity index (χ0n) is 11.7. The predicted molar refractivity (Wildman–Crippen MR) is 66.1 cm³/mol. The average molecular weight is 304 g/mol. The maximum absolute atomic E-state index is 13.7. The molecule has 4 rings (SSSR count). The minimum Gasteiger partial charge on any atom is -0.432 e. The van der Waals surface area contributed by atoms with Crippen molar-refractivity contribution in [3.63, 3.8) is 0 Å². The van der Waals surface area contributed by atoms with Crippen molar-refractivity contribution in [2.45, 2.75) is 69.4 Å². The fourth-order valence-electron chi connectivity index (χ4n) is 5.10. The first-order valence-electron chi connectivity index (χ1n) is 7.89. The molecule has 0 aromatic heterocycles. The van der Waals surface area contributed by atoms with Gasteiger partial charge in [-0.15, -0.1) is 0 Å². The zero-order chi connectivity index (χ0) is 14.9. The van der Waals surface area contributed by atoms with Crippen LogP contribution < -0.4 is 0 Å². The molecule has 4 fully saturated rings. The third kappa shape index (κ3) is 1.57. The normalized spacial score (nSPS) is 44.7. The van der Waals surface area contributed by atoms with E-state index in [9.17, 15) is 18.0 Å². The van der Waals surface area contributed by atoms with Gasteiger partial charge in [0, 0.05) is 12.8 Å². The summed E-state index contributed by atoms with van der Waals surface area (Å²) in [5.41, 5.74) is -2.39. The molecule has 1 aliphatic heterocycles. The summed E-state index contributed by atoms with van der Waals surface area (Å²) in [5, 5.41) is 0. The highest BCUT2D eigenvalue weighted by atomic mass is 19.4. The van der Waals surface area contributed by atoms with E-state index in [2.05, 4.69) is 0 Å². The maximum Gasteiger partial charge on any atom is 0.407 e. The van der Waals surface area contributed by atoms with Gasteiger partial charge in [-0.25, -0.2) is 0 Å². The van der Waals surface area contributed by atoms with Gasteiger partial charge in [0.2, 0.25) is 5.79 Å². The standard InChI is InChI=1S/C15H19F3O3/c16-15(17,18)14-10-6-4-5-9(10)11(14)20-13(21-12(14)19)7-2-1-3-8-13/h9-11H,1-8H2/t9-,10+,11-,14-/m0/s1. The van der Waals surface area contributed by atoms with E-state index in [1.165, 1.54) is 0 Å². The van der Waals surface area contributed by atoms with Gasteiger partial charge in [0.15, 0.2) is 5.41 Å². The van der Waals surface area contributed by atoms with Gasteiger partial charge in [0.05, 0.1) is 6.10 Å². The molecule has 1 spiro atoms. The van der Waals surface area contributed by atoms with Crippen LogP contribution in [0.25, 0.3) is 0 Å². The number of hydrogen-bond acceptors (Lipinski definition) is 3. The number of carbonyl (C=O) groups is 1. The van der Waals surface area contributed by atoms with Crippen molar-refractivity contribution < 1.29 is 27.4 Å². The van der Waals surface area contributed by atoms with Gasteiger partial charge >= 0.3 is 12.1 Å². The molecule has 0 aromatic rings. The third-order valence-electron chi connectivity index (χ3n) is 6.03. The van der Waals surface area contributed by atoms with Gasteiger partial charge in [-0.2, -0.15) is 13.2 Å². The van der Waals surface area contributed by atoms with Gasteiger partial charge in [-0.1, -0.05) is 12.8 Å². The lowest BCUT2D eigenvalue weighted by Crippen LogP contribution is -2.76. The monoisotopic (exact) mass is 304 g/mol. The number of alkyl halides is 3. The SMILES string of the molecule is O=C1OC2(CCCCC2)O[C@H]2[C@H]3CCC[C@H]3[C@@]12C(F)(F)F. The van der Waals surface area contributed by atoms with Gasteiger partial charge in [0.1, 0.15) is 0 Å². The maximum atomic E-state index is 13.7. The number of rotatable bonds is 0. The first kappa shape index (κ1) is 13.9. The van der Waals surface area contributed by atoms with Crippen LogP contribution in [0.1, 0.15) is 51.4 Å². The molecule has 118 valence electrons. The molecule has 1 heterocycles. The van der Waals surface area contributed by atoms with E-state index in [-0.39, 0.29) is 5.92 Å². The Balaban J connectivity index is 1.72. The number of halogens is 3. The summed E-state index contributed by atoms with van der Waals surface area (Å²) in [5.74, 6) is -2.92. The second kappa shape index (κ2) is 4.15. The molecule has 0 amide bonds. The van der Waals surface area contributed by atoms with Crippen LogP contribution in [0.5, 0.6) is 0 Å². The molecule has 1 saturated heterocycles. The molecule has 3 nitrogen and oxygen atoms in total. The Morgan fingerprint density at radius 3 is 2.43 bits per heavy atom. The molecule has 0 N–H and O–H groups in total. The number of ether oxygens (including phenoxy) is 2. The van der Waals surface area contributed by atoms with Crippen molar-refractivity contribution in [1.29, 1.82) is 0 Å². The van der Waals surface area contributed by atoms with E-state index >= 15 is 0 Å². The zero-order valence-corrected chi connectivity index (χ0v) is 11.7. The van der Waals surface area contributed by atoms with Crippen LogP contribution in [0, 0.1) is 17.3 Å². The lowest BCUT2D eigenvalue weighted by molar-refractivity contribution is -0.411. The fraction of sp³-hybridized carbons (Fsp3) is 0.933. The summed E-state index contributed by atoms with van der Waals surface area (Å²) in [6.45, 7) is 0. The molecule has 4 atom stereocenters. The molecule has 6 heteroatoms. The van der Waals surface area contributed by atoms with E-state index < -0.39 is 35.4 Å². The predicted octanol–water partition coefficient (Wildman–Crippen LogP) is 3.57. The largest absolute Gasteiger partial charge is 0.432 e. The van der Waals surface area contributed by atoms with Crippen LogP contribution in [0.4, 0.5) is 13.2 Å². The highest BCUT2D eigenvalue weighted by molar-refractivity contribution is 5.82. The summed E-state index contributed by atoms with van der Waals surface area (Å²) in [6.07, 6.45) is 0.0711. The quantitative estimate of drug-likeness (QED) is 0.642. The lowest BCUT2D eigenvalue weighted by atomic mass is 9.51. The Hall–Kier alpha value is -0.780. The highest BCUT2D eigenvalue weighted by Gasteiger charge is 2.83. The Morgan fingerprint density at radius 2 is 1.76 bits per heavy atom. The first-order valence-corrected chi connectivity index (χ1v) is 7.89. The average Bonchev–Trinajstić information content (AvgIpc) is 2.80. The minimum absolute atomic E-state index is 0.127. The van der Waals surface area contributed by atoms with E-state index in [0.717, 1.165) is 32.1 Å². The number of esters is 1. The molecular formula is C15H19F3O3. The first-order chi connectivity index (χ1) is 9.91. The Kier molecular flexibility index (Phi) is 2.74. The van der Waals surface area contributed by atoms with E-state index in [0.29, 0.717) is 19.3 Å². The smallest absolute Gasteiger partial charge is 0.407 e. The van der Waals surface area contributed by atoms with Crippen LogP contribution in [0.15, 0.2) is 0 Å². The number of carbonyl (C=O) groups excluding carboxylic acids is 1. The minimum atomic E-state index is -4.59. The van der Waals surface area contributed by atoms with Gasteiger partial charge < -0.3 is 9.47 Å². The van der Waals surface area contributed by atoms with Crippen molar-refractivity contribution >= 4 is 5.97 Å². The Morgan fingerprint density at radius 1 is 1.05 bits per heavy atom. The molecule has 4 aliphatic rings. The number of fused-ring (bicyclic) bond motifs is 4. The number of hydrogen-bond donors (Lipinski definition) is 0. The van der Waals surface area contributed by atoms with Crippen LogP contribution in [0.3, 0.4) is 0 Å². The van der Waals surface area contributed by atoms with Crippen LogP contribution >= 0.6 is 0 Å². The van der Waals surface area contributed by atoms with Crippen molar-refractivity contribution in [3.05, 3.63) is 0 Å². The summed E-state index contributed by atoms with van der Waals surface area (Å²) >= 11 is 0. The summed E-state index contributed by atoms with van der Waals surface area (Å²) in [4.78, 5) is 12.4. The lowest BCUT2D eigenvalue weighted by Gasteiger charge is -2.62. The van der Waals surface area contributed by atoms with Gasteiger partial charge in [0.25, 0.3) is 0 Å². The van der Waals surface area contributed by atoms with E-state index in [1.54, 1.807) is 0 Å². The fourth-order valence-corrected chi connectivity index (χ4v) is 5.10. The second-order valence-electron chi connectivity index (χ2n) is 6.97. The van der Waals surface area contributed by atoms with Crippen molar-refractivity contribution in [1.82, 2.24) is 0 Å². The van der Waals surface area contributed by atoms with Crippen molar-refractivity contribution in [3.8, 4) is 0 Å². The van der Waals surface area contributed by atoms with Crippen molar-refractivity contribution in [2.75, 3.05) is 0 Å². The molecule has 3 aliphatic carbocycles. The molecule has 0 aromatic carbocycles. The third-order valence-corrected chi connectivity index (χ3v) is 6.03. The van der Waals surface area contributed by atoms with Crippen molar-refractivity contribution in [2.24, 2.45) is 17.3 Å². The second-order valence-corrected chi connectivity index (χ2v) is 6.97. The molecule has 0 bridgehead atoms. The Bertz CT molecular complexity index is 469. The van der Waals surface area contributed by atoms with Gasteiger partial charge in [-0.05, 0) is 37.5 Å². The summed E-state index contributed by atoms with van der Waals surface area (Å²) in [6, 6.07) is 0. The molecule has 21 heavy (non-hydrogen) atoms. The van der Waals surface area contributed by atoms with Gasteiger partial charge in [-0.3, -0.25) is 4.79 Å². The van der Waals surface area contributed by atoms with Crippen LogP contribution in [-0.2, 0) is 14.3 Å². The van der Waals surface area contributed by atoms with E-state index in [1.807, 2.05) is 0 Å². The molecule has 0 radical (unpaired) electrons.